The fraction of sp³-hybridized carbons (Fsp3) is 0.571. The smallest absolute Gasteiger partial charge is 0.343 e. The first-order valence-corrected chi connectivity index (χ1v) is 5.87. The minimum atomic E-state index is -5.32. The molecule has 0 radical (unpaired) electrons. The van der Waals surface area contributed by atoms with Gasteiger partial charge in [-0.15, -0.1) is 0 Å². The molecule has 0 rings (SSSR count). The van der Waals surface area contributed by atoms with Gasteiger partial charge >= 0.3 is 25.5 Å². The molecule has 19 heavy (non-hydrogen) atoms. The summed E-state index contributed by atoms with van der Waals surface area (Å²) in [7, 11) is -5.32. The van der Waals surface area contributed by atoms with Crippen LogP contribution in [0.25, 0.3) is 0 Å². The molecule has 0 bridgehead atoms. The molecule has 1 unspecified atom stereocenters. The number of quaternary nitrogens is 1. The lowest BCUT2D eigenvalue weighted by molar-refractivity contribution is -0.148. The molecular formula is C7H15ClNO9P. The Morgan fingerprint density at radius 3 is 1.63 bits per heavy atom. The SMILES string of the molecule is O=C(O)CCC(CC(=O)O)(C(=O)O)P(=O)(O)O.[Cl-].[NH4+]. The lowest BCUT2D eigenvalue weighted by Gasteiger charge is -2.27. The van der Waals surface area contributed by atoms with E-state index in [-0.39, 0.29) is 18.6 Å². The van der Waals surface area contributed by atoms with Crippen LogP contribution >= 0.6 is 7.60 Å². The van der Waals surface area contributed by atoms with E-state index in [0.29, 0.717) is 0 Å². The van der Waals surface area contributed by atoms with Crippen molar-refractivity contribution in [2.75, 3.05) is 0 Å². The number of carbonyl (C=O) groups is 3. The van der Waals surface area contributed by atoms with Gasteiger partial charge in [-0.1, -0.05) is 0 Å². The second-order valence-corrected chi connectivity index (χ2v) is 5.29. The van der Waals surface area contributed by atoms with E-state index in [9.17, 15) is 18.9 Å². The Bertz CT molecular complexity index is 394. The van der Waals surface area contributed by atoms with Crippen molar-refractivity contribution in [3.05, 3.63) is 0 Å². The van der Waals surface area contributed by atoms with Gasteiger partial charge in [0.2, 0.25) is 0 Å². The summed E-state index contributed by atoms with van der Waals surface area (Å²) in [6, 6.07) is 0. The molecule has 0 aliphatic carbocycles. The summed E-state index contributed by atoms with van der Waals surface area (Å²) < 4.78 is 11.1. The summed E-state index contributed by atoms with van der Waals surface area (Å²) in [5.74, 6) is -5.25. The second-order valence-electron chi connectivity index (χ2n) is 3.35. The number of rotatable bonds is 7. The molecule has 0 aromatic heterocycles. The van der Waals surface area contributed by atoms with E-state index < -0.39 is 49.9 Å². The predicted molar refractivity (Wildman–Crippen MR) is 57.5 cm³/mol. The first kappa shape index (κ1) is 22.9. The van der Waals surface area contributed by atoms with E-state index in [0.717, 1.165) is 0 Å². The minimum absolute atomic E-state index is 0. The van der Waals surface area contributed by atoms with Crippen LogP contribution in [0.2, 0.25) is 0 Å². The number of hydrogen-bond acceptors (Lipinski definition) is 4. The highest BCUT2D eigenvalue weighted by molar-refractivity contribution is 7.54. The zero-order chi connectivity index (χ0) is 13.9. The maximum absolute atomic E-state index is 11.1. The molecule has 0 aromatic rings. The van der Waals surface area contributed by atoms with Crippen molar-refractivity contribution in [3.8, 4) is 0 Å². The normalized spacial score (nSPS) is 13.4. The summed E-state index contributed by atoms with van der Waals surface area (Å²) in [6.45, 7) is 0. The molecule has 9 N–H and O–H groups in total. The molecule has 10 nitrogen and oxygen atoms in total. The number of aliphatic carboxylic acids is 3. The van der Waals surface area contributed by atoms with Gasteiger partial charge in [-0.25, -0.2) is 0 Å². The van der Waals surface area contributed by atoms with Crippen LogP contribution < -0.4 is 18.6 Å². The Kier molecular flexibility index (Phi) is 9.75. The standard InChI is InChI=1S/C7H11O9P.ClH.H3N/c8-4(9)1-2-7(6(12)13,3-5(10)11)17(14,15)16;;/h1-3H2,(H,8,9)(H,10,11)(H,12,13)(H2,14,15,16);1H;1H3. The third-order valence-electron chi connectivity index (χ3n) is 2.15. The first-order chi connectivity index (χ1) is 7.53. The molecule has 0 fully saturated rings. The average molecular weight is 324 g/mol. The lowest BCUT2D eigenvalue weighted by atomic mass is 9.98. The van der Waals surface area contributed by atoms with Crippen LogP contribution in [0.15, 0.2) is 0 Å². The second kappa shape index (κ2) is 8.08. The van der Waals surface area contributed by atoms with E-state index in [1.165, 1.54) is 0 Å². The van der Waals surface area contributed by atoms with Crippen molar-refractivity contribution in [2.24, 2.45) is 0 Å². The van der Waals surface area contributed by atoms with Crippen LogP contribution in [0.5, 0.6) is 0 Å². The van der Waals surface area contributed by atoms with E-state index in [1.54, 1.807) is 0 Å². The first-order valence-electron chi connectivity index (χ1n) is 4.25. The van der Waals surface area contributed by atoms with E-state index >= 15 is 0 Å². The highest BCUT2D eigenvalue weighted by Gasteiger charge is 2.55. The van der Waals surface area contributed by atoms with Gasteiger partial charge in [-0.05, 0) is 6.42 Å². The van der Waals surface area contributed by atoms with E-state index in [2.05, 4.69) is 0 Å². The minimum Gasteiger partial charge on any atom is -1.00 e. The van der Waals surface area contributed by atoms with Crippen molar-refractivity contribution < 1.29 is 56.5 Å². The fourth-order valence-corrected chi connectivity index (χ4v) is 2.20. The highest BCUT2D eigenvalue weighted by Crippen LogP contribution is 2.55. The van der Waals surface area contributed by atoms with Gasteiger partial charge in [-0.3, -0.25) is 18.9 Å². The van der Waals surface area contributed by atoms with Gasteiger partial charge in [0.05, 0.1) is 6.42 Å². The number of carboxylic acids is 3. The summed E-state index contributed by atoms with van der Waals surface area (Å²) in [4.78, 5) is 49.5. The van der Waals surface area contributed by atoms with Gasteiger partial charge in [0.1, 0.15) is 0 Å². The number of hydrogen-bond donors (Lipinski definition) is 6. The van der Waals surface area contributed by atoms with Gasteiger partial charge in [0.25, 0.3) is 0 Å². The van der Waals surface area contributed by atoms with E-state index in [4.69, 9.17) is 25.1 Å². The summed E-state index contributed by atoms with van der Waals surface area (Å²) in [5, 5.41) is 22.7. The Hall–Kier alpha value is -1.19. The topological polar surface area (TPSA) is 206 Å². The van der Waals surface area contributed by atoms with Gasteiger partial charge in [0, 0.05) is 6.42 Å². The highest BCUT2D eigenvalue weighted by atomic mass is 35.5. The predicted octanol–water partition coefficient (Wildman–Crippen LogP) is -3.29. The zero-order valence-corrected chi connectivity index (χ0v) is 11.5. The van der Waals surface area contributed by atoms with Gasteiger partial charge < -0.3 is 43.7 Å². The summed E-state index contributed by atoms with van der Waals surface area (Å²) in [5.41, 5.74) is 0. The molecule has 0 aliphatic rings. The van der Waals surface area contributed by atoms with Crippen LogP contribution in [0, 0.1) is 0 Å². The molecule has 0 saturated carbocycles. The van der Waals surface area contributed by atoms with Crippen molar-refractivity contribution in [1.82, 2.24) is 6.15 Å². The van der Waals surface area contributed by atoms with Crippen molar-refractivity contribution in [3.63, 3.8) is 0 Å². The Labute approximate surface area is 113 Å². The Morgan fingerprint density at radius 1 is 1.00 bits per heavy atom. The zero-order valence-electron chi connectivity index (χ0n) is 9.82. The van der Waals surface area contributed by atoms with Crippen LogP contribution in [-0.4, -0.2) is 48.2 Å². The summed E-state index contributed by atoms with van der Waals surface area (Å²) in [6.07, 6.45) is -3.17. The van der Waals surface area contributed by atoms with Crippen molar-refractivity contribution >= 4 is 25.5 Å². The largest absolute Gasteiger partial charge is 1.00 e. The van der Waals surface area contributed by atoms with E-state index in [1.807, 2.05) is 0 Å². The third-order valence-corrected chi connectivity index (χ3v) is 3.84. The molecule has 0 heterocycles. The van der Waals surface area contributed by atoms with Crippen LogP contribution in [0.4, 0.5) is 0 Å². The average Bonchev–Trinajstić information content (AvgIpc) is 2.08. The van der Waals surface area contributed by atoms with Crippen molar-refractivity contribution in [2.45, 2.75) is 24.4 Å². The lowest BCUT2D eigenvalue weighted by Crippen LogP contribution is -3.00. The molecule has 114 valence electrons. The molecule has 0 aliphatic heterocycles. The molecule has 0 aromatic carbocycles. The molecule has 0 saturated heterocycles. The van der Waals surface area contributed by atoms with Crippen LogP contribution in [0.3, 0.4) is 0 Å². The Morgan fingerprint density at radius 2 is 1.42 bits per heavy atom. The fourth-order valence-electron chi connectivity index (χ4n) is 1.21. The third kappa shape index (κ3) is 5.99. The van der Waals surface area contributed by atoms with Gasteiger partial charge in [0.15, 0.2) is 5.16 Å². The maximum atomic E-state index is 11.1. The molecule has 1 atom stereocenters. The van der Waals surface area contributed by atoms with Gasteiger partial charge in [-0.2, -0.15) is 0 Å². The molecule has 0 amide bonds. The number of carboxylic acid groups (broad SMARTS) is 3. The van der Waals surface area contributed by atoms with Crippen LogP contribution in [-0.2, 0) is 18.9 Å². The molecule has 12 heteroatoms. The monoisotopic (exact) mass is 323 g/mol. The molecular weight excluding hydrogens is 309 g/mol. The quantitative estimate of drug-likeness (QED) is 0.259. The number of halogens is 1. The summed E-state index contributed by atoms with van der Waals surface area (Å²) >= 11 is 0. The Balaban J connectivity index is -0.00000128. The maximum Gasteiger partial charge on any atom is 0.343 e. The van der Waals surface area contributed by atoms with Crippen molar-refractivity contribution in [1.29, 1.82) is 0 Å². The molecule has 0 spiro atoms. The van der Waals surface area contributed by atoms with Crippen LogP contribution in [0.1, 0.15) is 19.3 Å².